The number of hydrogen-bond acceptors (Lipinski definition) is 4. The van der Waals surface area contributed by atoms with Gasteiger partial charge in [0.05, 0.1) is 11.5 Å². The van der Waals surface area contributed by atoms with E-state index in [4.69, 9.17) is 12.2 Å². The Labute approximate surface area is 178 Å². The summed E-state index contributed by atoms with van der Waals surface area (Å²) in [5, 5.41) is 8.25. The highest BCUT2D eigenvalue weighted by molar-refractivity contribution is 8.00. The average Bonchev–Trinajstić information content (AvgIpc) is 2.73. The summed E-state index contributed by atoms with van der Waals surface area (Å²) in [7, 11) is 0. The van der Waals surface area contributed by atoms with Crippen molar-refractivity contribution >= 4 is 63.1 Å². The number of nitrogens with one attached hydrogen (secondary N) is 4. The largest absolute Gasteiger partial charge is 0.331 e. The maximum Gasteiger partial charge on any atom is 0.248 e. The molecule has 3 aromatic carbocycles. The molecule has 3 rings (SSSR count). The third-order valence-electron chi connectivity index (χ3n) is 3.88. The van der Waals surface area contributed by atoms with E-state index in [1.165, 1.54) is 11.8 Å². The lowest BCUT2D eigenvalue weighted by atomic mass is 10.1. The number of anilines is 2. The third-order valence-corrected chi connectivity index (χ3v) is 5.01. The monoisotopic (exact) mass is 424 g/mol. The molecule has 8 heteroatoms. The van der Waals surface area contributed by atoms with Gasteiger partial charge in [-0.2, -0.15) is 0 Å². The number of benzene rings is 3. The third kappa shape index (κ3) is 6.48. The maximum atomic E-state index is 11.9. The van der Waals surface area contributed by atoms with Crippen molar-refractivity contribution in [1.82, 2.24) is 10.9 Å². The normalized spacial score (nSPS) is 10.2. The van der Waals surface area contributed by atoms with Crippen LogP contribution in [0, 0.1) is 0 Å². The molecule has 29 heavy (non-hydrogen) atoms. The Morgan fingerprint density at radius 3 is 2.28 bits per heavy atom. The molecule has 6 nitrogen and oxygen atoms in total. The van der Waals surface area contributed by atoms with E-state index in [0.717, 1.165) is 22.1 Å². The highest BCUT2D eigenvalue weighted by Crippen LogP contribution is 2.22. The van der Waals surface area contributed by atoms with Crippen molar-refractivity contribution in [3.05, 3.63) is 72.8 Å². The predicted molar refractivity (Wildman–Crippen MR) is 124 cm³/mol. The molecule has 0 aliphatic heterocycles. The lowest BCUT2D eigenvalue weighted by Crippen LogP contribution is -2.44. The first-order valence-corrected chi connectivity index (χ1v) is 10.4. The summed E-state index contributed by atoms with van der Waals surface area (Å²) < 4.78 is 0. The van der Waals surface area contributed by atoms with Crippen LogP contribution < -0.4 is 21.5 Å². The molecule has 0 bridgehead atoms. The van der Waals surface area contributed by atoms with Crippen LogP contribution in [0.1, 0.15) is 0 Å². The Bertz CT molecular complexity index is 1010. The van der Waals surface area contributed by atoms with Crippen LogP contribution in [0.15, 0.2) is 72.8 Å². The van der Waals surface area contributed by atoms with Crippen LogP contribution in [-0.2, 0) is 9.59 Å². The topological polar surface area (TPSA) is 82.3 Å². The van der Waals surface area contributed by atoms with Gasteiger partial charge in [-0.05, 0) is 35.8 Å². The Balaban J connectivity index is 1.38. The van der Waals surface area contributed by atoms with Gasteiger partial charge in [-0.3, -0.25) is 20.4 Å². The molecule has 0 aliphatic rings. The second kappa shape index (κ2) is 10.4. The summed E-state index contributed by atoms with van der Waals surface area (Å²) in [6.45, 7) is 0. The molecule has 0 aliphatic carbocycles. The van der Waals surface area contributed by atoms with Crippen LogP contribution in [0.25, 0.3) is 10.8 Å². The van der Waals surface area contributed by atoms with Crippen molar-refractivity contribution in [2.45, 2.75) is 0 Å². The van der Waals surface area contributed by atoms with Gasteiger partial charge in [0.15, 0.2) is 5.11 Å². The van der Waals surface area contributed by atoms with Crippen molar-refractivity contribution in [2.75, 3.05) is 22.1 Å². The fourth-order valence-electron chi connectivity index (χ4n) is 2.61. The van der Waals surface area contributed by atoms with E-state index in [9.17, 15) is 9.59 Å². The van der Waals surface area contributed by atoms with Gasteiger partial charge in [-0.15, -0.1) is 11.8 Å². The minimum atomic E-state index is -0.274. The summed E-state index contributed by atoms with van der Waals surface area (Å²) in [6.07, 6.45) is 0. The molecule has 0 saturated heterocycles. The molecular weight excluding hydrogens is 404 g/mol. The second-order valence-corrected chi connectivity index (χ2v) is 7.45. The van der Waals surface area contributed by atoms with Crippen LogP contribution >= 0.6 is 24.0 Å². The Hall–Kier alpha value is -3.10. The second-order valence-electron chi connectivity index (χ2n) is 6.06. The van der Waals surface area contributed by atoms with E-state index in [1.807, 2.05) is 72.8 Å². The van der Waals surface area contributed by atoms with Crippen molar-refractivity contribution in [1.29, 1.82) is 0 Å². The van der Waals surface area contributed by atoms with E-state index < -0.39 is 0 Å². The zero-order chi connectivity index (χ0) is 20.5. The van der Waals surface area contributed by atoms with Gasteiger partial charge in [0.25, 0.3) is 0 Å². The molecule has 0 unspecified atom stereocenters. The molecular formula is C21H20N4O2S2. The van der Waals surface area contributed by atoms with Crippen LogP contribution in [0.4, 0.5) is 11.4 Å². The van der Waals surface area contributed by atoms with Crippen LogP contribution in [0.2, 0.25) is 0 Å². The lowest BCUT2D eigenvalue weighted by molar-refractivity contribution is -0.119. The number of thioether (sulfide) groups is 1. The minimum Gasteiger partial charge on any atom is -0.331 e. The molecule has 3 aromatic rings. The first-order valence-electron chi connectivity index (χ1n) is 8.88. The van der Waals surface area contributed by atoms with Gasteiger partial charge in [0.1, 0.15) is 0 Å². The zero-order valence-electron chi connectivity index (χ0n) is 15.5. The van der Waals surface area contributed by atoms with Crippen molar-refractivity contribution in [3.8, 4) is 0 Å². The zero-order valence-corrected chi connectivity index (χ0v) is 17.1. The maximum absolute atomic E-state index is 11.9. The van der Waals surface area contributed by atoms with Gasteiger partial charge >= 0.3 is 0 Å². The smallest absolute Gasteiger partial charge is 0.248 e. The number of fused-ring (bicyclic) bond motifs is 1. The number of rotatable bonds is 6. The standard InChI is InChI=1S/C21H20N4O2S2/c26-19(22-16-9-2-1-3-10-16)13-29-14-20(27)24-25-21(28)23-18-12-6-8-15-7-4-5-11-17(15)18/h1-12H,13-14H2,(H,22,26)(H,24,27)(H2,23,25,28). The first-order chi connectivity index (χ1) is 14.1. The number of hydrogen-bond donors (Lipinski definition) is 4. The molecule has 0 radical (unpaired) electrons. The van der Waals surface area contributed by atoms with E-state index in [2.05, 4.69) is 21.5 Å². The molecule has 0 aromatic heterocycles. The molecule has 0 fully saturated rings. The van der Waals surface area contributed by atoms with Crippen LogP contribution in [0.5, 0.6) is 0 Å². The summed E-state index contributed by atoms with van der Waals surface area (Å²) >= 11 is 6.45. The Morgan fingerprint density at radius 1 is 0.759 bits per heavy atom. The molecule has 148 valence electrons. The molecule has 0 atom stereocenters. The highest BCUT2D eigenvalue weighted by Gasteiger charge is 2.07. The van der Waals surface area contributed by atoms with E-state index in [0.29, 0.717) is 0 Å². The predicted octanol–water partition coefficient (Wildman–Crippen LogP) is 3.53. The number of amides is 2. The van der Waals surface area contributed by atoms with Crippen molar-refractivity contribution in [2.24, 2.45) is 0 Å². The first kappa shape index (κ1) is 20.6. The number of para-hydroxylation sites is 1. The fourth-order valence-corrected chi connectivity index (χ4v) is 3.38. The number of carbonyl (C=O) groups excluding carboxylic acids is 2. The number of carbonyl (C=O) groups is 2. The molecule has 0 heterocycles. The average molecular weight is 425 g/mol. The fraction of sp³-hybridized carbons (Fsp3) is 0.0952. The van der Waals surface area contributed by atoms with Gasteiger partial charge < -0.3 is 10.6 Å². The summed E-state index contributed by atoms with van der Waals surface area (Å²) in [5.74, 6) is -0.118. The Kier molecular flexibility index (Phi) is 7.43. The van der Waals surface area contributed by atoms with Gasteiger partial charge in [0, 0.05) is 16.8 Å². The van der Waals surface area contributed by atoms with E-state index >= 15 is 0 Å². The SMILES string of the molecule is O=C(CSCC(=O)Nc1ccccc1)NNC(=S)Nc1cccc2ccccc12. The van der Waals surface area contributed by atoms with Crippen LogP contribution in [-0.4, -0.2) is 28.4 Å². The molecule has 0 saturated carbocycles. The summed E-state index contributed by atoms with van der Waals surface area (Å²) in [6, 6.07) is 23.0. The quantitative estimate of drug-likeness (QED) is 0.358. The molecule has 2 amide bonds. The summed E-state index contributed by atoms with van der Waals surface area (Å²) in [4.78, 5) is 23.8. The van der Waals surface area contributed by atoms with E-state index in [1.54, 1.807) is 0 Å². The van der Waals surface area contributed by atoms with E-state index in [-0.39, 0.29) is 28.4 Å². The Morgan fingerprint density at radius 2 is 1.45 bits per heavy atom. The molecule has 4 N–H and O–H groups in total. The van der Waals surface area contributed by atoms with Gasteiger partial charge in [-0.25, -0.2) is 0 Å². The summed E-state index contributed by atoms with van der Waals surface area (Å²) in [5.41, 5.74) is 6.79. The van der Waals surface area contributed by atoms with Crippen LogP contribution in [0.3, 0.4) is 0 Å². The molecule has 0 spiro atoms. The van der Waals surface area contributed by atoms with Gasteiger partial charge in [-0.1, -0.05) is 54.6 Å². The minimum absolute atomic E-state index is 0.131. The number of thiocarbonyl (C=S) groups is 1. The highest BCUT2D eigenvalue weighted by atomic mass is 32.2. The van der Waals surface area contributed by atoms with Crippen molar-refractivity contribution < 1.29 is 9.59 Å². The van der Waals surface area contributed by atoms with Gasteiger partial charge in [0.2, 0.25) is 11.8 Å². The van der Waals surface area contributed by atoms with Crippen molar-refractivity contribution in [3.63, 3.8) is 0 Å². The lowest BCUT2D eigenvalue weighted by Gasteiger charge is -2.13. The number of hydrazine groups is 1.